The van der Waals surface area contributed by atoms with Crippen molar-refractivity contribution in [2.45, 2.75) is 0 Å². The molecule has 1 rings (SSSR count). The molecular formula is C8H8ClFN6O2. The van der Waals surface area contributed by atoms with Crippen LogP contribution in [0.2, 0.25) is 5.02 Å². The lowest BCUT2D eigenvalue weighted by atomic mass is 10.2. The Hall–Kier alpha value is -2.42. The molecular weight excluding hydrogens is 267 g/mol. The molecule has 0 amide bonds. The topological polar surface area (TPSA) is 146 Å². The minimum Gasteiger partial charge on any atom is -0.370 e. The van der Waals surface area contributed by atoms with E-state index in [1.165, 1.54) is 0 Å². The summed E-state index contributed by atoms with van der Waals surface area (Å²) in [7, 11) is 0. The average Bonchev–Trinajstić information content (AvgIpc) is 2.21. The summed E-state index contributed by atoms with van der Waals surface area (Å²) in [5, 5.41) is 10.3. The first-order chi connectivity index (χ1) is 8.31. The molecule has 0 heterocycles. The van der Waals surface area contributed by atoms with Crippen LogP contribution >= 0.6 is 11.6 Å². The fraction of sp³-hybridized carbons (Fsp3) is 0. The number of hydrogen-bond acceptors (Lipinski definition) is 3. The molecule has 0 aliphatic carbocycles. The summed E-state index contributed by atoms with van der Waals surface area (Å²) in [6, 6.07) is 1.58. The van der Waals surface area contributed by atoms with E-state index < -0.39 is 16.4 Å². The van der Waals surface area contributed by atoms with Gasteiger partial charge in [-0.15, -0.1) is 0 Å². The maximum atomic E-state index is 13.3. The average molecular weight is 275 g/mol. The molecule has 8 nitrogen and oxygen atoms in total. The molecule has 0 aromatic heterocycles. The van der Waals surface area contributed by atoms with Gasteiger partial charge in [0.05, 0.1) is 15.6 Å². The highest BCUT2D eigenvalue weighted by Gasteiger charge is 2.17. The number of guanidine groups is 2. The highest BCUT2D eigenvalue weighted by molar-refractivity contribution is 6.33. The molecule has 0 fully saturated rings. The van der Waals surface area contributed by atoms with Gasteiger partial charge >= 0.3 is 5.69 Å². The van der Waals surface area contributed by atoms with Crippen LogP contribution in [0.3, 0.4) is 0 Å². The van der Waals surface area contributed by atoms with E-state index in [1.54, 1.807) is 0 Å². The molecule has 0 spiro atoms. The van der Waals surface area contributed by atoms with E-state index in [0.717, 1.165) is 12.1 Å². The van der Waals surface area contributed by atoms with Gasteiger partial charge in [-0.05, 0) is 0 Å². The molecule has 18 heavy (non-hydrogen) atoms. The Balaban J connectivity index is 3.25. The first kappa shape index (κ1) is 13.6. The number of nitrogens with two attached hydrogens (primary N) is 3. The van der Waals surface area contributed by atoms with Gasteiger partial charge in [0, 0.05) is 12.1 Å². The maximum absolute atomic E-state index is 13.3. The van der Waals surface area contributed by atoms with E-state index >= 15 is 0 Å². The summed E-state index contributed by atoms with van der Waals surface area (Å²) in [4.78, 5) is 16.5. The smallest absolute Gasteiger partial charge is 0.306 e. The summed E-state index contributed by atoms with van der Waals surface area (Å²) in [6.45, 7) is 0. The first-order valence-corrected chi connectivity index (χ1v) is 4.76. The molecule has 0 saturated heterocycles. The Morgan fingerprint density at radius 3 is 2.50 bits per heavy atom. The third-order valence-corrected chi connectivity index (χ3v) is 1.99. The molecule has 0 saturated carbocycles. The van der Waals surface area contributed by atoms with Crippen molar-refractivity contribution in [3.05, 3.63) is 33.1 Å². The molecule has 1 aromatic carbocycles. The number of nitrogens with zero attached hydrogens (tertiary/aromatic N) is 3. The second-order valence-corrected chi connectivity index (χ2v) is 3.43. The molecule has 0 aliphatic heterocycles. The summed E-state index contributed by atoms with van der Waals surface area (Å²) in [6.07, 6.45) is 0. The highest BCUT2D eigenvalue weighted by atomic mass is 35.5. The van der Waals surface area contributed by atoms with E-state index in [4.69, 9.17) is 28.8 Å². The predicted molar refractivity (Wildman–Crippen MR) is 65.2 cm³/mol. The number of benzene rings is 1. The fourth-order valence-electron chi connectivity index (χ4n) is 1.03. The summed E-state index contributed by atoms with van der Waals surface area (Å²) >= 11 is 5.68. The van der Waals surface area contributed by atoms with Crippen molar-refractivity contribution in [3.8, 4) is 0 Å². The molecule has 0 bridgehead atoms. The lowest BCUT2D eigenvalue weighted by Crippen LogP contribution is -2.26. The van der Waals surface area contributed by atoms with Crippen LogP contribution in [0.5, 0.6) is 0 Å². The fourth-order valence-corrected chi connectivity index (χ4v) is 1.23. The zero-order valence-corrected chi connectivity index (χ0v) is 9.56. The number of rotatable bonds is 2. The minimum absolute atomic E-state index is 0.123. The normalized spacial score (nSPS) is 11.1. The molecule has 6 N–H and O–H groups in total. The van der Waals surface area contributed by atoms with E-state index in [9.17, 15) is 14.5 Å². The van der Waals surface area contributed by atoms with E-state index in [2.05, 4.69) is 9.98 Å². The maximum Gasteiger partial charge on any atom is 0.306 e. The van der Waals surface area contributed by atoms with Crippen molar-refractivity contribution in [1.29, 1.82) is 0 Å². The number of aliphatic imine (C=N–C) groups is 2. The van der Waals surface area contributed by atoms with Crippen LogP contribution in [0.4, 0.5) is 15.8 Å². The van der Waals surface area contributed by atoms with Crippen molar-refractivity contribution < 1.29 is 9.31 Å². The molecule has 0 radical (unpaired) electrons. The predicted octanol–water partition coefficient (Wildman–Crippen LogP) is 0.607. The first-order valence-electron chi connectivity index (χ1n) is 4.38. The Bertz CT molecular complexity index is 555. The Morgan fingerprint density at radius 2 is 2.00 bits per heavy atom. The van der Waals surface area contributed by atoms with Crippen LogP contribution in [0, 0.1) is 15.9 Å². The zero-order valence-electron chi connectivity index (χ0n) is 8.80. The van der Waals surface area contributed by atoms with Gasteiger partial charge in [-0.25, -0.2) is 4.99 Å². The molecule has 1 aromatic rings. The lowest BCUT2D eigenvalue weighted by molar-refractivity contribution is -0.387. The zero-order chi connectivity index (χ0) is 13.9. The summed E-state index contributed by atoms with van der Waals surface area (Å²) in [5.41, 5.74) is 14.5. The molecule has 0 atom stereocenters. The quantitative estimate of drug-likeness (QED) is 0.313. The molecule has 10 heteroatoms. The van der Waals surface area contributed by atoms with Gasteiger partial charge in [0.25, 0.3) is 0 Å². The standard InChI is InChI=1S/C8H8ClFN6O2/c9-3-1-6(16(17)18)4(10)2-5(3)14-8(13)15-7(11)12/h1-2H,(H6,11,12,13,14,15). The van der Waals surface area contributed by atoms with Crippen molar-refractivity contribution in [2.24, 2.45) is 27.2 Å². The second-order valence-electron chi connectivity index (χ2n) is 3.02. The third-order valence-electron chi connectivity index (χ3n) is 1.69. The van der Waals surface area contributed by atoms with Crippen LogP contribution in [-0.4, -0.2) is 16.8 Å². The largest absolute Gasteiger partial charge is 0.370 e. The van der Waals surface area contributed by atoms with Gasteiger partial charge in [-0.3, -0.25) is 10.1 Å². The highest BCUT2D eigenvalue weighted by Crippen LogP contribution is 2.31. The monoisotopic (exact) mass is 274 g/mol. The Kier molecular flexibility index (Phi) is 4.00. The Labute approximate surface area is 105 Å². The SMILES string of the molecule is NC(N)=NC(N)=Nc1cc(F)c([N+](=O)[O-])cc1Cl. The van der Waals surface area contributed by atoms with Crippen molar-refractivity contribution in [2.75, 3.05) is 0 Å². The van der Waals surface area contributed by atoms with E-state index in [1.807, 2.05) is 0 Å². The molecule has 0 aliphatic rings. The van der Waals surface area contributed by atoms with Gasteiger partial charge in [-0.2, -0.15) is 9.38 Å². The van der Waals surface area contributed by atoms with Gasteiger partial charge in [0.2, 0.25) is 11.8 Å². The van der Waals surface area contributed by atoms with Crippen LogP contribution in [0.15, 0.2) is 22.1 Å². The van der Waals surface area contributed by atoms with E-state index in [-0.39, 0.29) is 22.6 Å². The molecule has 0 unspecified atom stereocenters. The Morgan fingerprint density at radius 1 is 1.39 bits per heavy atom. The number of nitro benzene ring substituents is 1. The second kappa shape index (κ2) is 5.27. The third kappa shape index (κ3) is 3.28. The lowest BCUT2D eigenvalue weighted by Gasteiger charge is -2.00. The number of nitro groups is 1. The van der Waals surface area contributed by atoms with Crippen LogP contribution in [0.1, 0.15) is 0 Å². The molecule has 96 valence electrons. The van der Waals surface area contributed by atoms with Crippen molar-refractivity contribution in [1.82, 2.24) is 0 Å². The van der Waals surface area contributed by atoms with Gasteiger partial charge in [0.15, 0.2) is 5.96 Å². The number of hydrogen-bond donors (Lipinski definition) is 3. The van der Waals surface area contributed by atoms with Crippen LogP contribution in [0.25, 0.3) is 0 Å². The van der Waals surface area contributed by atoms with Gasteiger partial charge in [-0.1, -0.05) is 11.6 Å². The summed E-state index contributed by atoms with van der Waals surface area (Å²) < 4.78 is 13.3. The van der Waals surface area contributed by atoms with E-state index in [0.29, 0.717) is 0 Å². The van der Waals surface area contributed by atoms with Crippen LogP contribution in [-0.2, 0) is 0 Å². The number of halogens is 2. The summed E-state index contributed by atoms with van der Waals surface area (Å²) in [5.74, 6) is -1.79. The van der Waals surface area contributed by atoms with Gasteiger partial charge in [0.1, 0.15) is 0 Å². The van der Waals surface area contributed by atoms with Crippen molar-refractivity contribution in [3.63, 3.8) is 0 Å². The van der Waals surface area contributed by atoms with Gasteiger partial charge < -0.3 is 17.2 Å². The van der Waals surface area contributed by atoms with Crippen LogP contribution < -0.4 is 17.2 Å². The minimum atomic E-state index is -1.10. The van der Waals surface area contributed by atoms with Crippen molar-refractivity contribution >= 4 is 34.9 Å².